The molecule has 0 spiro atoms. The van der Waals surface area contributed by atoms with Crippen LogP contribution in [0.5, 0.6) is 0 Å². The van der Waals surface area contributed by atoms with Gasteiger partial charge in [0.25, 0.3) is 0 Å². The number of alkyl carbamates (subject to hydrolysis) is 1. The lowest BCUT2D eigenvalue weighted by molar-refractivity contribution is 0.0511. The fraction of sp³-hybridized carbons (Fsp3) is 0.636. The molecular weight excluding hydrogens is 305 g/mol. The zero-order valence-corrected chi connectivity index (χ0v) is 13.2. The van der Waals surface area contributed by atoms with Gasteiger partial charge in [-0.15, -0.1) is 0 Å². The topological polar surface area (TPSA) is 89.0 Å². The fourth-order valence-electron chi connectivity index (χ4n) is 1.21. The van der Waals surface area contributed by atoms with Crippen molar-refractivity contribution >= 4 is 35.2 Å². The zero-order chi connectivity index (χ0) is 15.3. The normalized spacial score (nSPS) is 12.7. The SMILES string of the molecule is CC(CNc1nc(Cl)nc(Cl)n1)NC(=O)OC(C)(C)C. The summed E-state index contributed by atoms with van der Waals surface area (Å²) in [5.41, 5.74) is -0.535. The van der Waals surface area contributed by atoms with Crippen molar-refractivity contribution in [3.05, 3.63) is 10.6 Å². The van der Waals surface area contributed by atoms with Crippen LogP contribution in [0.4, 0.5) is 10.7 Å². The van der Waals surface area contributed by atoms with Crippen LogP contribution in [-0.2, 0) is 4.74 Å². The first kappa shape index (κ1) is 16.7. The van der Waals surface area contributed by atoms with E-state index < -0.39 is 11.7 Å². The summed E-state index contributed by atoms with van der Waals surface area (Å²) in [6.07, 6.45) is -0.487. The molecule has 0 radical (unpaired) electrons. The highest BCUT2D eigenvalue weighted by atomic mass is 35.5. The molecule has 0 fully saturated rings. The van der Waals surface area contributed by atoms with E-state index in [9.17, 15) is 4.79 Å². The van der Waals surface area contributed by atoms with Crippen LogP contribution < -0.4 is 10.6 Å². The molecule has 0 aromatic carbocycles. The predicted molar refractivity (Wildman–Crippen MR) is 77.2 cm³/mol. The number of rotatable bonds is 4. The van der Waals surface area contributed by atoms with Gasteiger partial charge < -0.3 is 15.4 Å². The van der Waals surface area contributed by atoms with Gasteiger partial charge in [0, 0.05) is 12.6 Å². The molecule has 0 aliphatic heterocycles. The molecule has 1 atom stereocenters. The van der Waals surface area contributed by atoms with E-state index in [-0.39, 0.29) is 22.6 Å². The quantitative estimate of drug-likeness (QED) is 0.885. The minimum Gasteiger partial charge on any atom is -0.444 e. The Bertz CT molecular complexity index is 458. The Hall–Kier alpha value is -1.34. The number of carbonyl (C=O) groups excluding carboxylic acids is 1. The van der Waals surface area contributed by atoms with E-state index in [2.05, 4.69) is 25.6 Å². The van der Waals surface area contributed by atoms with Crippen molar-refractivity contribution in [1.29, 1.82) is 0 Å². The number of carbonyl (C=O) groups is 1. The van der Waals surface area contributed by atoms with Gasteiger partial charge in [0.1, 0.15) is 5.60 Å². The molecule has 7 nitrogen and oxygen atoms in total. The molecule has 0 saturated carbocycles. The summed E-state index contributed by atoms with van der Waals surface area (Å²) in [5.74, 6) is 0.243. The number of amides is 1. The number of nitrogens with one attached hydrogen (secondary N) is 2. The lowest BCUT2D eigenvalue weighted by Gasteiger charge is -2.22. The maximum Gasteiger partial charge on any atom is 0.407 e. The largest absolute Gasteiger partial charge is 0.444 e. The standard InChI is InChI=1S/C11H17Cl2N5O2/c1-6(15-10(19)20-11(2,3)4)5-14-9-17-7(12)16-8(13)18-9/h6H,5H2,1-4H3,(H,15,19)(H,14,16,17,18). The van der Waals surface area contributed by atoms with Crippen LogP contribution in [0, 0.1) is 0 Å². The van der Waals surface area contributed by atoms with Crippen LogP contribution in [0.2, 0.25) is 10.6 Å². The van der Waals surface area contributed by atoms with Crippen molar-refractivity contribution in [2.24, 2.45) is 0 Å². The molecule has 0 bridgehead atoms. The Kier molecular flexibility index (Phi) is 5.76. The number of aromatic nitrogens is 3. The molecule has 112 valence electrons. The lowest BCUT2D eigenvalue weighted by atomic mass is 10.2. The van der Waals surface area contributed by atoms with Crippen molar-refractivity contribution in [3.63, 3.8) is 0 Å². The van der Waals surface area contributed by atoms with E-state index in [1.165, 1.54) is 0 Å². The van der Waals surface area contributed by atoms with Crippen LogP contribution in [0.3, 0.4) is 0 Å². The van der Waals surface area contributed by atoms with Gasteiger partial charge in [-0.3, -0.25) is 0 Å². The molecule has 2 N–H and O–H groups in total. The summed E-state index contributed by atoms with van der Waals surface area (Å²) in [6, 6.07) is -0.195. The van der Waals surface area contributed by atoms with E-state index >= 15 is 0 Å². The summed E-state index contributed by atoms with van der Waals surface area (Å²) >= 11 is 11.3. The molecular formula is C11H17Cl2N5O2. The average Bonchev–Trinajstić information content (AvgIpc) is 2.22. The molecule has 0 aliphatic carbocycles. The second-order valence-electron chi connectivity index (χ2n) is 5.13. The second kappa shape index (κ2) is 6.90. The van der Waals surface area contributed by atoms with Crippen LogP contribution in [0.15, 0.2) is 0 Å². The highest BCUT2D eigenvalue weighted by Gasteiger charge is 2.17. The number of nitrogens with zero attached hydrogens (tertiary/aromatic N) is 3. The van der Waals surface area contributed by atoms with Crippen LogP contribution in [0.1, 0.15) is 27.7 Å². The first-order chi connectivity index (χ1) is 9.15. The molecule has 0 saturated heterocycles. The van der Waals surface area contributed by atoms with Gasteiger partial charge in [0.2, 0.25) is 16.5 Å². The van der Waals surface area contributed by atoms with Crippen molar-refractivity contribution in [3.8, 4) is 0 Å². The Morgan fingerprint density at radius 3 is 2.30 bits per heavy atom. The third-order valence-corrected chi connectivity index (χ3v) is 2.25. The maximum atomic E-state index is 11.5. The minimum absolute atomic E-state index is 0.000236. The molecule has 1 unspecified atom stereocenters. The van der Waals surface area contributed by atoms with Crippen LogP contribution in [0.25, 0.3) is 0 Å². The highest BCUT2D eigenvalue weighted by Crippen LogP contribution is 2.10. The molecule has 1 aromatic heterocycles. The summed E-state index contributed by atoms with van der Waals surface area (Å²) in [5, 5.41) is 5.57. The van der Waals surface area contributed by atoms with Crippen LogP contribution in [-0.4, -0.2) is 39.2 Å². The van der Waals surface area contributed by atoms with Crippen LogP contribution >= 0.6 is 23.2 Å². The van der Waals surface area contributed by atoms with Crippen molar-refractivity contribution in [2.75, 3.05) is 11.9 Å². The van der Waals surface area contributed by atoms with Gasteiger partial charge in [-0.2, -0.15) is 15.0 Å². The van der Waals surface area contributed by atoms with Gasteiger partial charge >= 0.3 is 6.09 Å². The van der Waals surface area contributed by atoms with Gasteiger partial charge in [-0.1, -0.05) is 0 Å². The van der Waals surface area contributed by atoms with E-state index in [0.29, 0.717) is 6.54 Å². The lowest BCUT2D eigenvalue weighted by Crippen LogP contribution is -2.41. The minimum atomic E-state index is -0.535. The third-order valence-electron chi connectivity index (χ3n) is 1.91. The van der Waals surface area contributed by atoms with Gasteiger partial charge in [-0.25, -0.2) is 4.79 Å². The number of anilines is 1. The number of hydrogen-bond acceptors (Lipinski definition) is 6. The summed E-state index contributed by atoms with van der Waals surface area (Å²) in [4.78, 5) is 22.9. The zero-order valence-electron chi connectivity index (χ0n) is 11.7. The number of hydrogen-bond donors (Lipinski definition) is 2. The first-order valence-electron chi connectivity index (χ1n) is 5.96. The summed E-state index contributed by atoms with van der Waals surface area (Å²) in [7, 11) is 0. The Balaban J connectivity index is 2.43. The van der Waals surface area contributed by atoms with Crippen molar-refractivity contribution in [1.82, 2.24) is 20.3 Å². The van der Waals surface area contributed by atoms with E-state index in [4.69, 9.17) is 27.9 Å². The summed E-state index contributed by atoms with van der Waals surface area (Å²) in [6.45, 7) is 7.58. The Morgan fingerprint density at radius 2 is 1.80 bits per heavy atom. The van der Waals surface area contributed by atoms with Crippen molar-refractivity contribution < 1.29 is 9.53 Å². The van der Waals surface area contributed by atoms with E-state index in [0.717, 1.165) is 0 Å². The summed E-state index contributed by atoms with van der Waals surface area (Å²) < 4.78 is 5.14. The predicted octanol–water partition coefficient (Wildman–Crippen LogP) is 2.50. The molecule has 0 aliphatic rings. The van der Waals surface area contributed by atoms with E-state index in [1.54, 1.807) is 27.7 Å². The number of halogens is 2. The Labute approximate surface area is 127 Å². The second-order valence-corrected chi connectivity index (χ2v) is 5.80. The van der Waals surface area contributed by atoms with E-state index in [1.807, 2.05) is 0 Å². The highest BCUT2D eigenvalue weighted by molar-refractivity contribution is 6.31. The third kappa shape index (κ3) is 6.72. The molecule has 9 heteroatoms. The maximum absolute atomic E-state index is 11.5. The molecule has 1 heterocycles. The van der Waals surface area contributed by atoms with Gasteiger partial charge in [-0.05, 0) is 50.9 Å². The first-order valence-corrected chi connectivity index (χ1v) is 6.72. The number of ether oxygens (including phenoxy) is 1. The Morgan fingerprint density at radius 1 is 1.25 bits per heavy atom. The fourth-order valence-corrected chi connectivity index (χ4v) is 1.57. The average molecular weight is 322 g/mol. The molecule has 20 heavy (non-hydrogen) atoms. The van der Waals surface area contributed by atoms with Gasteiger partial charge in [0.05, 0.1) is 0 Å². The van der Waals surface area contributed by atoms with Crippen molar-refractivity contribution in [2.45, 2.75) is 39.3 Å². The molecule has 1 rings (SSSR count). The van der Waals surface area contributed by atoms with Gasteiger partial charge in [0.15, 0.2) is 0 Å². The molecule has 1 amide bonds. The smallest absolute Gasteiger partial charge is 0.407 e. The molecule has 1 aromatic rings. The monoisotopic (exact) mass is 321 g/mol.